The van der Waals surface area contributed by atoms with Crippen LogP contribution in [0, 0.1) is 11.6 Å². The molecule has 0 bridgehead atoms. The summed E-state index contributed by atoms with van der Waals surface area (Å²) in [5.74, 6) is -6.25. The average Bonchev–Trinajstić information content (AvgIpc) is 3.66. The number of pyridine rings is 1. The normalized spacial score (nSPS) is 19.1. The number of nitrogens with zero attached hydrogens (tertiary/aromatic N) is 2. The molecule has 1 saturated heterocycles. The van der Waals surface area contributed by atoms with Gasteiger partial charge >= 0.3 is 6.18 Å². The third-order valence-corrected chi connectivity index (χ3v) is 7.02. The summed E-state index contributed by atoms with van der Waals surface area (Å²) in [6, 6.07) is 6.77. The van der Waals surface area contributed by atoms with Gasteiger partial charge in [-0.3, -0.25) is 14.5 Å². The highest BCUT2D eigenvalue weighted by Gasteiger charge is 2.49. The lowest BCUT2D eigenvalue weighted by molar-refractivity contribution is -0.136. The number of nitrogens with one attached hydrogen (secondary N) is 2. The zero-order valence-electron chi connectivity index (χ0n) is 20.9. The first kappa shape index (κ1) is 27.6. The van der Waals surface area contributed by atoms with E-state index in [1.165, 1.54) is 31.4 Å². The van der Waals surface area contributed by atoms with Crippen molar-refractivity contribution < 1.29 is 36.3 Å². The Balaban J connectivity index is 1.59. The summed E-state index contributed by atoms with van der Waals surface area (Å²) in [5, 5.41) is 5.59. The van der Waals surface area contributed by atoms with E-state index < -0.39 is 65.1 Å². The standard InChI is InChI=1S/C27H22ClF5N4O3/c1-40-16-10-18(29)21(19(30)11-16)17-12-37(26(39)23(17)36-25(38)13-2-4-14(28)5-3-13)24-22(27(31,32)33)20(8-9-34-24)35-15-6-7-15/h2-5,8-11,15,17,23H,6-7,12H2,1H3,(H,34,35)(H,36,38)/t17-,23?/m0/s1. The van der Waals surface area contributed by atoms with Gasteiger partial charge in [-0.15, -0.1) is 0 Å². The van der Waals surface area contributed by atoms with E-state index in [1.807, 2.05) is 0 Å². The second-order valence-electron chi connectivity index (χ2n) is 9.49. The van der Waals surface area contributed by atoms with Gasteiger partial charge in [0.05, 0.1) is 12.8 Å². The first-order chi connectivity index (χ1) is 19.0. The Bertz CT molecular complexity index is 1440. The van der Waals surface area contributed by atoms with Gasteiger partial charge in [-0.1, -0.05) is 11.6 Å². The van der Waals surface area contributed by atoms with Crippen LogP contribution in [-0.4, -0.2) is 42.5 Å². The van der Waals surface area contributed by atoms with Crippen molar-refractivity contribution in [3.63, 3.8) is 0 Å². The number of methoxy groups -OCH3 is 1. The fourth-order valence-electron chi connectivity index (χ4n) is 4.70. The average molecular weight is 581 g/mol. The molecule has 2 amide bonds. The largest absolute Gasteiger partial charge is 0.497 e. The van der Waals surface area contributed by atoms with E-state index in [0.29, 0.717) is 22.8 Å². The van der Waals surface area contributed by atoms with Crippen molar-refractivity contribution in [3.8, 4) is 5.75 Å². The lowest BCUT2D eigenvalue weighted by atomic mass is 9.92. The number of hydrogen-bond donors (Lipinski definition) is 2. The molecule has 2 aromatic carbocycles. The minimum absolute atomic E-state index is 0.0785. The van der Waals surface area contributed by atoms with Gasteiger partial charge in [0, 0.05) is 53.0 Å². The first-order valence-electron chi connectivity index (χ1n) is 12.2. The number of carbonyl (C=O) groups is 2. The Morgan fingerprint density at radius 1 is 1.10 bits per heavy atom. The van der Waals surface area contributed by atoms with Crippen LogP contribution in [0.5, 0.6) is 5.75 Å². The Morgan fingerprint density at radius 3 is 2.33 bits per heavy atom. The van der Waals surface area contributed by atoms with E-state index in [0.717, 1.165) is 24.4 Å². The highest BCUT2D eigenvalue weighted by molar-refractivity contribution is 6.30. The fourth-order valence-corrected chi connectivity index (χ4v) is 4.83. The molecule has 0 spiro atoms. The summed E-state index contributed by atoms with van der Waals surface area (Å²) in [7, 11) is 1.21. The number of aromatic nitrogens is 1. The van der Waals surface area contributed by atoms with Gasteiger partial charge in [-0.2, -0.15) is 13.2 Å². The van der Waals surface area contributed by atoms with Gasteiger partial charge in [-0.05, 0) is 43.2 Å². The summed E-state index contributed by atoms with van der Waals surface area (Å²) in [6.07, 6.45) is -2.42. The molecule has 1 aromatic heterocycles. The minimum Gasteiger partial charge on any atom is -0.497 e. The fraction of sp³-hybridized carbons (Fsp3) is 0.296. The molecular weight excluding hydrogens is 559 g/mol. The molecular formula is C27H22ClF5N4O3. The Labute approximate surface area is 230 Å². The molecule has 3 aromatic rings. The Morgan fingerprint density at radius 2 is 1.75 bits per heavy atom. The van der Waals surface area contributed by atoms with E-state index in [4.69, 9.17) is 16.3 Å². The maximum atomic E-state index is 15.2. The molecule has 5 rings (SSSR count). The van der Waals surface area contributed by atoms with Crippen LogP contribution >= 0.6 is 11.6 Å². The van der Waals surface area contributed by atoms with Crippen LogP contribution in [0.25, 0.3) is 0 Å². The van der Waals surface area contributed by atoms with Crippen molar-refractivity contribution in [2.75, 3.05) is 23.9 Å². The second kappa shape index (κ2) is 10.6. The molecule has 13 heteroatoms. The van der Waals surface area contributed by atoms with Gasteiger partial charge in [0.15, 0.2) is 0 Å². The number of halogens is 6. The van der Waals surface area contributed by atoms with Crippen LogP contribution in [0.1, 0.15) is 40.2 Å². The van der Waals surface area contributed by atoms with Crippen molar-refractivity contribution in [1.82, 2.24) is 10.3 Å². The lowest BCUT2D eigenvalue weighted by Crippen LogP contribution is -2.44. The smallest absolute Gasteiger partial charge is 0.421 e. The molecule has 1 saturated carbocycles. The SMILES string of the molecule is COc1cc(F)c([C@@H]2CN(c3nccc(NC4CC4)c3C(F)(F)F)C(=O)C2NC(=O)c2ccc(Cl)cc2)c(F)c1. The predicted octanol–water partition coefficient (Wildman–Crippen LogP) is 5.54. The van der Waals surface area contributed by atoms with Gasteiger partial charge in [0.1, 0.15) is 34.8 Å². The minimum atomic E-state index is -4.92. The number of hydrogen-bond acceptors (Lipinski definition) is 5. The van der Waals surface area contributed by atoms with Crippen molar-refractivity contribution in [2.24, 2.45) is 0 Å². The van der Waals surface area contributed by atoms with E-state index in [-0.39, 0.29) is 23.0 Å². The third kappa shape index (κ3) is 5.40. The number of anilines is 2. The summed E-state index contributed by atoms with van der Waals surface area (Å²) in [4.78, 5) is 31.3. The van der Waals surface area contributed by atoms with Crippen LogP contribution in [0.15, 0.2) is 48.7 Å². The van der Waals surface area contributed by atoms with E-state index in [2.05, 4.69) is 15.6 Å². The van der Waals surface area contributed by atoms with Crippen molar-refractivity contribution in [2.45, 2.75) is 37.0 Å². The van der Waals surface area contributed by atoms with Crippen LogP contribution in [0.2, 0.25) is 5.02 Å². The topological polar surface area (TPSA) is 83.6 Å². The first-order valence-corrected chi connectivity index (χ1v) is 12.6. The lowest BCUT2D eigenvalue weighted by Gasteiger charge is -2.23. The quantitative estimate of drug-likeness (QED) is 0.359. The van der Waals surface area contributed by atoms with Gasteiger partial charge in [0.2, 0.25) is 0 Å². The zero-order chi connectivity index (χ0) is 28.8. The molecule has 1 unspecified atom stereocenters. The maximum Gasteiger partial charge on any atom is 0.421 e. The molecule has 210 valence electrons. The van der Waals surface area contributed by atoms with Crippen molar-refractivity contribution >= 4 is 34.9 Å². The number of amides is 2. The molecule has 2 fully saturated rings. The molecule has 1 aliphatic heterocycles. The van der Waals surface area contributed by atoms with E-state index >= 15 is 8.78 Å². The van der Waals surface area contributed by atoms with Gasteiger partial charge in [-0.25, -0.2) is 13.8 Å². The zero-order valence-corrected chi connectivity index (χ0v) is 21.6. The molecule has 1 aliphatic carbocycles. The molecule has 2 aliphatic rings. The molecule has 0 radical (unpaired) electrons. The van der Waals surface area contributed by atoms with Gasteiger partial charge < -0.3 is 15.4 Å². The molecule has 2 heterocycles. The van der Waals surface area contributed by atoms with Crippen molar-refractivity contribution in [1.29, 1.82) is 0 Å². The van der Waals surface area contributed by atoms with E-state index in [9.17, 15) is 22.8 Å². The summed E-state index contributed by atoms with van der Waals surface area (Å²) in [5.41, 5.74) is -1.96. The van der Waals surface area contributed by atoms with Crippen LogP contribution < -0.4 is 20.3 Å². The summed E-state index contributed by atoms with van der Waals surface area (Å²) >= 11 is 5.87. The Hall–Kier alpha value is -3.93. The molecule has 40 heavy (non-hydrogen) atoms. The summed E-state index contributed by atoms with van der Waals surface area (Å²) in [6.45, 7) is -0.590. The van der Waals surface area contributed by atoms with Gasteiger partial charge in [0.25, 0.3) is 11.8 Å². The predicted molar refractivity (Wildman–Crippen MR) is 137 cm³/mol. The molecule has 7 nitrogen and oxygen atoms in total. The number of rotatable bonds is 7. The number of benzene rings is 2. The highest BCUT2D eigenvalue weighted by atomic mass is 35.5. The highest BCUT2D eigenvalue weighted by Crippen LogP contribution is 2.44. The molecule has 2 atom stereocenters. The second-order valence-corrected chi connectivity index (χ2v) is 9.93. The van der Waals surface area contributed by atoms with Crippen LogP contribution in [0.4, 0.5) is 33.5 Å². The van der Waals surface area contributed by atoms with Crippen LogP contribution in [0.3, 0.4) is 0 Å². The summed E-state index contributed by atoms with van der Waals surface area (Å²) < 4.78 is 78.2. The number of ether oxygens (including phenoxy) is 1. The van der Waals surface area contributed by atoms with E-state index in [1.54, 1.807) is 0 Å². The van der Waals surface area contributed by atoms with Crippen molar-refractivity contribution in [3.05, 3.63) is 82.0 Å². The monoisotopic (exact) mass is 580 g/mol. The molecule has 2 N–H and O–H groups in total. The number of alkyl halides is 3. The third-order valence-electron chi connectivity index (χ3n) is 6.77. The Kier molecular flexibility index (Phi) is 7.30. The number of carbonyl (C=O) groups excluding carboxylic acids is 2. The maximum absolute atomic E-state index is 15.2. The van der Waals surface area contributed by atoms with Crippen LogP contribution in [-0.2, 0) is 11.0 Å².